The van der Waals surface area contributed by atoms with E-state index in [2.05, 4.69) is 17.4 Å². The van der Waals surface area contributed by atoms with E-state index in [4.69, 9.17) is 9.26 Å². The van der Waals surface area contributed by atoms with Crippen LogP contribution < -0.4 is 10.1 Å². The Kier molecular flexibility index (Phi) is 6.54. The molecule has 0 aliphatic heterocycles. The lowest BCUT2D eigenvalue weighted by molar-refractivity contribution is 0.0926. The van der Waals surface area contributed by atoms with Gasteiger partial charge in [0.05, 0.1) is 11.3 Å². The maximum Gasteiger partial charge on any atom is 0.251 e. The lowest BCUT2D eigenvalue weighted by Gasteiger charge is -2.21. The first-order valence-corrected chi connectivity index (χ1v) is 10.0. The van der Waals surface area contributed by atoms with E-state index in [0.29, 0.717) is 29.9 Å². The van der Waals surface area contributed by atoms with Gasteiger partial charge in [-0.3, -0.25) is 4.79 Å². The number of nitrogens with one attached hydrogen (secondary N) is 1. The van der Waals surface area contributed by atoms with Crippen LogP contribution >= 0.6 is 0 Å². The molecule has 1 aromatic heterocycles. The molecule has 1 saturated carbocycles. The molecule has 1 aliphatic rings. The minimum Gasteiger partial charge on any atom is -0.489 e. The zero-order valence-corrected chi connectivity index (χ0v) is 16.6. The number of hydrogen-bond donors (Lipinski definition) is 1. The van der Waals surface area contributed by atoms with Crippen LogP contribution in [0.25, 0.3) is 0 Å². The molecule has 0 spiro atoms. The third-order valence-electron chi connectivity index (χ3n) is 5.56. The Labute approximate surface area is 161 Å². The van der Waals surface area contributed by atoms with E-state index < -0.39 is 0 Å². The number of carbonyl (C=O) groups excluding carboxylic acids is 1. The largest absolute Gasteiger partial charge is 0.489 e. The zero-order valence-electron chi connectivity index (χ0n) is 16.6. The highest BCUT2D eigenvalue weighted by molar-refractivity contribution is 5.94. The average molecular weight is 370 g/mol. The molecule has 1 aliphatic carbocycles. The minimum absolute atomic E-state index is 0.00816. The van der Waals surface area contributed by atoms with Crippen molar-refractivity contribution in [1.29, 1.82) is 0 Å². The fourth-order valence-corrected chi connectivity index (χ4v) is 3.88. The molecular formula is C22H30N2O3. The molecule has 27 heavy (non-hydrogen) atoms. The lowest BCUT2D eigenvalue weighted by atomic mass is 9.96. The van der Waals surface area contributed by atoms with Gasteiger partial charge in [0.15, 0.2) is 0 Å². The first kappa shape index (κ1) is 19.5. The number of carbonyl (C=O) groups is 1. The third-order valence-corrected chi connectivity index (χ3v) is 5.56. The van der Waals surface area contributed by atoms with Crippen LogP contribution in [-0.4, -0.2) is 17.1 Å². The van der Waals surface area contributed by atoms with E-state index in [9.17, 15) is 4.79 Å². The van der Waals surface area contributed by atoms with Crippen molar-refractivity contribution in [3.8, 4) is 5.75 Å². The van der Waals surface area contributed by atoms with Crippen LogP contribution in [0.4, 0.5) is 0 Å². The maximum atomic E-state index is 12.7. The van der Waals surface area contributed by atoms with E-state index in [1.807, 2.05) is 38.1 Å². The maximum absolute atomic E-state index is 12.7. The summed E-state index contributed by atoms with van der Waals surface area (Å²) in [7, 11) is 0. The summed E-state index contributed by atoms with van der Waals surface area (Å²) >= 11 is 0. The molecule has 5 nitrogen and oxygen atoms in total. The number of ether oxygens (including phenoxy) is 1. The standard InChI is InChI=1S/C22H30N2O3/c1-4-5-8-17-9-7-12-21(17)23-22(25)18-10-6-11-19(13-18)26-14-20-15(2)24-27-16(20)3/h6,10-11,13,17,21H,4-5,7-9,12,14H2,1-3H3,(H,23,25). The number of benzene rings is 1. The van der Waals surface area contributed by atoms with Crippen molar-refractivity contribution in [3.63, 3.8) is 0 Å². The van der Waals surface area contributed by atoms with E-state index in [0.717, 1.165) is 23.4 Å². The van der Waals surface area contributed by atoms with Crippen molar-refractivity contribution in [2.45, 2.75) is 71.9 Å². The molecule has 0 saturated heterocycles. The smallest absolute Gasteiger partial charge is 0.251 e. The second-order valence-electron chi connectivity index (χ2n) is 7.53. The van der Waals surface area contributed by atoms with Crippen molar-refractivity contribution < 1.29 is 14.1 Å². The lowest BCUT2D eigenvalue weighted by Crippen LogP contribution is -2.37. The average Bonchev–Trinajstić information content (AvgIpc) is 3.24. The minimum atomic E-state index is -0.00816. The number of amides is 1. The van der Waals surface area contributed by atoms with Gasteiger partial charge in [-0.1, -0.05) is 37.4 Å². The van der Waals surface area contributed by atoms with Gasteiger partial charge in [0.2, 0.25) is 0 Å². The van der Waals surface area contributed by atoms with Crippen LogP contribution in [0.2, 0.25) is 0 Å². The predicted octanol–water partition coefficient (Wildman–Crippen LogP) is 4.96. The SMILES string of the molecule is CCCCC1CCCC1NC(=O)c1cccc(OCc2c(C)noc2C)c1. The summed E-state index contributed by atoms with van der Waals surface area (Å²) in [6, 6.07) is 7.68. The Hall–Kier alpha value is -2.30. The summed E-state index contributed by atoms with van der Waals surface area (Å²) in [5.41, 5.74) is 2.43. The number of nitrogens with zero attached hydrogens (tertiary/aromatic N) is 1. The van der Waals surface area contributed by atoms with E-state index in [-0.39, 0.29) is 5.91 Å². The first-order chi connectivity index (χ1) is 13.1. The number of aryl methyl sites for hydroxylation is 2. The Morgan fingerprint density at radius 3 is 2.93 bits per heavy atom. The summed E-state index contributed by atoms with van der Waals surface area (Å²) in [5, 5.41) is 7.19. The molecule has 1 fully saturated rings. The highest BCUT2D eigenvalue weighted by Crippen LogP contribution is 2.30. The molecule has 1 heterocycles. The van der Waals surface area contributed by atoms with Gasteiger partial charge in [0.25, 0.3) is 5.91 Å². The number of aromatic nitrogens is 1. The van der Waals surface area contributed by atoms with Gasteiger partial charge in [-0.25, -0.2) is 0 Å². The summed E-state index contributed by atoms with van der Waals surface area (Å²) < 4.78 is 11.0. The summed E-state index contributed by atoms with van der Waals surface area (Å²) in [5.74, 6) is 2.05. The molecule has 0 bridgehead atoms. The molecule has 2 aromatic rings. The molecule has 5 heteroatoms. The Morgan fingerprint density at radius 1 is 1.33 bits per heavy atom. The van der Waals surface area contributed by atoms with Gasteiger partial charge in [0, 0.05) is 11.6 Å². The van der Waals surface area contributed by atoms with Gasteiger partial charge in [-0.05, 0) is 57.2 Å². The van der Waals surface area contributed by atoms with Crippen LogP contribution in [0.15, 0.2) is 28.8 Å². The van der Waals surface area contributed by atoms with Crippen molar-refractivity contribution in [2.24, 2.45) is 5.92 Å². The van der Waals surface area contributed by atoms with Crippen LogP contribution in [0.1, 0.15) is 72.8 Å². The molecule has 1 aromatic carbocycles. The van der Waals surface area contributed by atoms with Crippen LogP contribution in [0.3, 0.4) is 0 Å². The Morgan fingerprint density at radius 2 is 2.19 bits per heavy atom. The second-order valence-corrected chi connectivity index (χ2v) is 7.53. The van der Waals surface area contributed by atoms with Crippen LogP contribution in [0, 0.1) is 19.8 Å². The first-order valence-electron chi connectivity index (χ1n) is 10.0. The molecule has 3 rings (SSSR count). The molecule has 2 atom stereocenters. The van der Waals surface area contributed by atoms with Crippen molar-refractivity contribution in [1.82, 2.24) is 10.5 Å². The van der Waals surface area contributed by atoms with Crippen LogP contribution in [0.5, 0.6) is 5.75 Å². The molecule has 1 amide bonds. The van der Waals surface area contributed by atoms with Gasteiger partial charge in [-0.15, -0.1) is 0 Å². The van der Waals surface area contributed by atoms with Gasteiger partial charge in [0.1, 0.15) is 18.1 Å². The van der Waals surface area contributed by atoms with E-state index in [1.165, 1.54) is 32.1 Å². The van der Waals surface area contributed by atoms with E-state index in [1.54, 1.807) is 0 Å². The molecule has 0 radical (unpaired) electrons. The Bertz CT molecular complexity index is 749. The fourth-order valence-electron chi connectivity index (χ4n) is 3.88. The molecule has 1 N–H and O–H groups in total. The fraction of sp³-hybridized carbons (Fsp3) is 0.545. The summed E-state index contributed by atoms with van der Waals surface area (Å²) in [4.78, 5) is 12.7. The molecule has 2 unspecified atom stereocenters. The van der Waals surface area contributed by atoms with Crippen molar-refractivity contribution >= 4 is 5.91 Å². The normalized spacial score (nSPS) is 19.2. The van der Waals surface area contributed by atoms with Gasteiger partial charge in [-0.2, -0.15) is 0 Å². The number of unbranched alkanes of at least 4 members (excludes halogenated alkanes) is 1. The van der Waals surface area contributed by atoms with Gasteiger partial charge < -0.3 is 14.6 Å². The summed E-state index contributed by atoms with van der Waals surface area (Å²) in [6.07, 6.45) is 7.18. The highest BCUT2D eigenvalue weighted by atomic mass is 16.5. The molecular weight excluding hydrogens is 340 g/mol. The number of rotatable bonds is 8. The quantitative estimate of drug-likeness (QED) is 0.713. The monoisotopic (exact) mass is 370 g/mol. The van der Waals surface area contributed by atoms with Crippen molar-refractivity contribution in [2.75, 3.05) is 0 Å². The topological polar surface area (TPSA) is 64.4 Å². The summed E-state index contributed by atoms with van der Waals surface area (Å²) in [6.45, 7) is 6.37. The third kappa shape index (κ3) is 4.90. The Balaban J connectivity index is 1.60. The predicted molar refractivity (Wildman–Crippen MR) is 105 cm³/mol. The van der Waals surface area contributed by atoms with Crippen LogP contribution in [-0.2, 0) is 6.61 Å². The van der Waals surface area contributed by atoms with E-state index >= 15 is 0 Å². The van der Waals surface area contributed by atoms with Gasteiger partial charge >= 0.3 is 0 Å². The number of hydrogen-bond acceptors (Lipinski definition) is 4. The second kappa shape index (κ2) is 9.07. The zero-order chi connectivity index (χ0) is 19.2. The molecule has 146 valence electrons. The highest BCUT2D eigenvalue weighted by Gasteiger charge is 2.28. The van der Waals surface area contributed by atoms with Crippen molar-refractivity contribution in [3.05, 3.63) is 46.8 Å².